The maximum atomic E-state index is 12.0. The van der Waals surface area contributed by atoms with Crippen molar-refractivity contribution in [3.05, 3.63) is 29.3 Å². The highest BCUT2D eigenvalue weighted by molar-refractivity contribution is 5.91. The van der Waals surface area contributed by atoms with Gasteiger partial charge in [-0.15, -0.1) is 0 Å². The Hall–Kier alpha value is -2.04. The zero-order chi connectivity index (χ0) is 15.4. The summed E-state index contributed by atoms with van der Waals surface area (Å²) in [5.74, 6) is -0.268. The molecule has 0 bridgehead atoms. The van der Waals surface area contributed by atoms with Crippen LogP contribution in [0.5, 0.6) is 0 Å². The fourth-order valence-corrected chi connectivity index (χ4v) is 2.34. The molecule has 1 heterocycles. The van der Waals surface area contributed by atoms with Crippen molar-refractivity contribution in [2.75, 3.05) is 19.0 Å². The third-order valence-electron chi connectivity index (χ3n) is 3.60. The van der Waals surface area contributed by atoms with Crippen molar-refractivity contribution in [2.45, 2.75) is 39.3 Å². The first-order valence-corrected chi connectivity index (χ1v) is 7.34. The molecule has 21 heavy (non-hydrogen) atoms. The van der Waals surface area contributed by atoms with Crippen LogP contribution in [0.3, 0.4) is 0 Å². The Kier molecular flexibility index (Phi) is 4.83. The van der Waals surface area contributed by atoms with Crippen LogP contribution in [0.1, 0.15) is 42.6 Å². The Balaban J connectivity index is 2.17. The molecule has 0 spiro atoms. The molecule has 0 saturated heterocycles. The summed E-state index contributed by atoms with van der Waals surface area (Å²) in [6.07, 6.45) is 1.86. The number of unbranched alkanes of at least 4 members (excludes halogenated alkanes) is 1. The Labute approximate surface area is 125 Å². The molecule has 2 rings (SSSR count). The molecular formula is C16H22N2O3. The number of nitrogens with one attached hydrogen (secondary N) is 1. The molecule has 1 aromatic carbocycles. The van der Waals surface area contributed by atoms with Gasteiger partial charge in [0.1, 0.15) is 6.04 Å². The van der Waals surface area contributed by atoms with E-state index in [9.17, 15) is 9.59 Å². The van der Waals surface area contributed by atoms with E-state index in [2.05, 4.69) is 12.2 Å². The Morgan fingerprint density at radius 2 is 2.24 bits per heavy atom. The molecular weight excluding hydrogens is 268 g/mol. The summed E-state index contributed by atoms with van der Waals surface area (Å²) in [6.45, 7) is 4.82. The van der Waals surface area contributed by atoms with E-state index in [1.807, 2.05) is 13.0 Å². The molecule has 0 unspecified atom stereocenters. The highest BCUT2D eigenvalue weighted by Gasteiger charge is 2.24. The quantitative estimate of drug-likeness (QED) is 0.683. The number of amides is 1. The maximum Gasteiger partial charge on any atom is 0.338 e. The van der Waals surface area contributed by atoms with Crippen molar-refractivity contribution >= 4 is 17.6 Å². The number of fused-ring (bicyclic) bond motifs is 1. The second kappa shape index (κ2) is 6.61. The lowest BCUT2D eigenvalue weighted by Gasteiger charge is -2.16. The average molecular weight is 290 g/mol. The van der Waals surface area contributed by atoms with Crippen LogP contribution in [0.25, 0.3) is 0 Å². The van der Waals surface area contributed by atoms with Gasteiger partial charge in [-0.2, -0.15) is 0 Å². The second-order valence-corrected chi connectivity index (χ2v) is 5.42. The number of benzene rings is 1. The first kappa shape index (κ1) is 15.4. The third kappa shape index (κ3) is 3.54. The minimum atomic E-state index is -0.308. The molecule has 1 aliphatic heterocycles. The number of carbonyl (C=O) groups is 2. The van der Waals surface area contributed by atoms with Crippen molar-refractivity contribution in [3.8, 4) is 0 Å². The molecule has 1 aliphatic rings. The van der Waals surface area contributed by atoms with E-state index in [0.717, 1.165) is 24.1 Å². The third-order valence-corrected chi connectivity index (χ3v) is 3.60. The fourth-order valence-electron chi connectivity index (χ4n) is 2.34. The van der Waals surface area contributed by atoms with Gasteiger partial charge in [0.25, 0.3) is 0 Å². The van der Waals surface area contributed by atoms with Crippen LogP contribution >= 0.6 is 0 Å². The van der Waals surface area contributed by atoms with Gasteiger partial charge in [-0.25, -0.2) is 4.79 Å². The highest BCUT2D eigenvalue weighted by atomic mass is 16.5. The normalized spacial score (nSPS) is 17.8. The van der Waals surface area contributed by atoms with E-state index in [-0.39, 0.29) is 17.9 Å². The topological polar surface area (TPSA) is 58.6 Å². The van der Waals surface area contributed by atoms with Crippen molar-refractivity contribution < 1.29 is 14.3 Å². The van der Waals surface area contributed by atoms with Gasteiger partial charge in [0.2, 0.25) is 5.91 Å². The van der Waals surface area contributed by atoms with Gasteiger partial charge in [0.05, 0.1) is 12.2 Å². The first-order valence-electron chi connectivity index (χ1n) is 7.34. The van der Waals surface area contributed by atoms with Gasteiger partial charge in [0.15, 0.2) is 0 Å². The van der Waals surface area contributed by atoms with Gasteiger partial charge in [-0.05, 0) is 37.1 Å². The Morgan fingerprint density at radius 1 is 1.48 bits per heavy atom. The summed E-state index contributed by atoms with van der Waals surface area (Å²) < 4.78 is 5.22. The zero-order valence-electron chi connectivity index (χ0n) is 12.8. The van der Waals surface area contributed by atoms with E-state index in [0.29, 0.717) is 18.7 Å². The largest absolute Gasteiger partial charge is 0.462 e. The summed E-state index contributed by atoms with van der Waals surface area (Å²) >= 11 is 0. The molecule has 0 aliphatic carbocycles. The number of hydrogen-bond acceptors (Lipinski definition) is 4. The summed E-state index contributed by atoms with van der Waals surface area (Å²) in [6, 6.07) is 5.12. The number of ether oxygens (including phenoxy) is 1. The zero-order valence-corrected chi connectivity index (χ0v) is 12.8. The molecule has 1 aromatic rings. The van der Waals surface area contributed by atoms with Gasteiger partial charge in [-0.1, -0.05) is 13.3 Å². The number of likely N-dealkylation sites (N-methyl/N-ethyl adjacent to an activating group) is 1. The van der Waals surface area contributed by atoms with Gasteiger partial charge < -0.3 is 15.0 Å². The van der Waals surface area contributed by atoms with Crippen LogP contribution in [0.4, 0.5) is 5.69 Å². The van der Waals surface area contributed by atoms with E-state index in [1.54, 1.807) is 24.1 Å². The van der Waals surface area contributed by atoms with Crippen LogP contribution in [-0.4, -0.2) is 36.5 Å². The maximum absolute atomic E-state index is 12.0. The van der Waals surface area contributed by atoms with Gasteiger partial charge in [-0.3, -0.25) is 4.79 Å². The number of hydrogen-bond donors (Lipinski definition) is 1. The van der Waals surface area contributed by atoms with E-state index in [1.165, 1.54) is 0 Å². The number of esters is 1. The monoisotopic (exact) mass is 290 g/mol. The fraction of sp³-hybridized carbons (Fsp3) is 0.500. The SMILES string of the molecule is CCCCOC(=O)c1ccc2c(c1)CN(C)C(=O)[C@@H](C)N2. The van der Waals surface area contributed by atoms with Gasteiger partial charge >= 0.3 is 5.97 Å². The van der Waals surface area contributed by atoms with E-state index < -0.39 is 0 Å². The summed E-state index contributed by atoms with van der Waals surface area (Å²) in [5.41, 5.74) is 2.35. The van der Waals surface area contributed by atoms with Gasteiger partial charge in [0, 0.05) is 19.3 Å². The number of anilines is 1. The van der Waals surface area contributed by atoms with Crippen molar-refractivity contribution in [1.82, 2.24) is 4.90 Å². The van der Waals surface area contributed by atoms with Crippen LogP contribution in [-0.2, 0) is 16.1 Å². The minimum Gasteiger partial charge on any atom is -0.462 e. The van der Waals surface area contributed by atoms with Crippen molar-refractivity contribution in [3.63, 3.8) is 0 Å². The molecule has 1 N–H and O–H groups in total. The molecule has 1 amide bonds. The van der Waals surface area contributed by atoms with E-state index >= 15 is 0 Å². The van der Waals surface area contributed by atoms with Crippen LogP contribution in [0.2, 0.25) is 0 Å². The Morgan fingerprint density at radius 3 is 2.95 bits per heavy atom. The molecule has 0 fully saturated rings. The van der Waals surface area contributed by atoms with Crippen molar-refractivity contribution in [2.24, 2.45) is 0 Å². The number of carbonyl (C=O) groups excluding carboxylic acids is 2. The lowest BCUT2D eigenvalue weighted by Crippen LogP contribution is -2.35. The molecule has 0 aromatic heterocycles. The minimum absolute atomic E-state index is 0.0401. The lowest BCUT2D eigenvalue weighted by atomic mass is 10.1. The Bertz CT molecular complexity index is 542. The van der Waals surface area contributed by atoms with Crippen LogP contribution in [0, 0.1) is 0 Å². The van der Waals surface area contributed by atoms with Crippen LogP contribution in [0.15, 0.2) is 18.2 Å². The number of rotatable bonds is 4. The number of nitrogens with zero attached hydrogens (tertiary/aromatic N) is 1. The molecule has 0 saturated carbocycles. The smallest absolute Gasteiger partial charge is 0.338 e. The predicted octanol–water partition coefficient (Wildman–Crippen LogP) is 2.42. The standard InChI is InChI=1S/C16H22N2O3/c1-4-5-8-21-16(20)12-6-7-14-13(9-12)10-18(3)15(19)11(2)17-14/h6-7,9,11,17H,4-5,8,10H2,1-3H3/t11-/m1/s1. The lowest BCUT2D eigenvalue weighted by molar-refractivity contribution is -0.130. The molecule has 1 atom stereocenters. The predicted molar refractivity (Wildman–Crippen MR) is 81.2 cm³/mol. The summed E-state index contributed by atoms with van der Waals surface area (Å²) in [7, 11) is 1.77. The highest BCUT2D eigenvalue weighted by Crippen LogP contribution is 2.24. The molecule has 114 valence electrons. The van der Waals surface area contributed by atoms with E-state index in [4.69, 9.17) is 4.74 Å². The summed E-state index contributed by atoms with van der Waals surface area (Å²) in [4.78, 5) is 25.6. The molecule has 5 nitrogen and oxygen atoms in total. The molecule has 0 radical (unpaired) electrons. The van der Waals surface area contributed by atoms with Crippen molar-refractivity contribution in [1.29, 1.82) is 0 Å². The average Bonchev–Trinajstić information content (AvgIpc) is 2.57. The summed E-state index contributed by atoms with van der Waals surface area (Å²) in [5, 5.41) is 3.18. The second-order valence-electron chi connectivity index (χ2n) is 5.42. The molecule has 5 heteroatoms. The van der Waals surface area contributed by atoms with Crippen LogP contribution < -0.4 is 5.32 Å². The first-order chi connectivity index (χ1) is 10.0.